The van der Waals surface area contributed by atoms with Crippen LogP contribution in [0, 0.1) is 20.4 Å². The van der Waals surface area contributed by atoms with Crippen molar-refractivity contribution in [2.24, 2.45) is 0 Å². The van der Waals surface area contributed by atoms with Crippen LogP contribution in [0.2, 0.25) is 0 Å². The number of aromatic carboxylic acids is 1. The summed E-state index contributed by atoms with van der Waals surface area (Å²) in [6, 6.07) is 12.1. The molecule has 0 aliphatic heterocycles. The highest BCUT2D eigenvalue weighted by Crippen LogP contribution is 2.47. The maximum absolute atomic E-state index is 11.3. The van der Waals surface area contributed by atoms with Crippen molar-refractivity contribution in [3.05, 3.63) is 88.0 Å². The molecule has 0 aliphatic carbocycles. The van der Waals surface area contributed by atoms with E-state index in [-0.39, 0.29) is 34.9 Å². The Balaban J connectivity index is 1.85. The minimum atomic E-state index is -1.09. The molecular formula is C27H27N3O6. The smallest absolute Gasteiger partial charge is 0.336 e. The second kappa shape index (κ2) is 11.2. The van der Waals surface area contributed by atoms with E-state index in [0.717, 1.165) is 23.2 Å². The number of carbonyl (C=O) groups is 1. The summed E-state index contributed by atoms with van der Waals surface area (Å²) >= 11 is 0. The highest BCUT2D eigenvalue weighted by Gasteiger charge is 2.21. The number of carboxylic acids is 1. The molecular weight excluding hydrogens is 462 g/mol. The third-order valence-electron chi connectivity index (χ3n) is 5.62. The number of carboxylic acid groups (broad SMARTS) is 1. The molecule has 0 saturated carbocycles. The van der Waals surface area contributed by atoms with E-state index >= 15 is 0 Å². The molecule has 0 aliphatic rings. The summed E-state index contributed by atoms with van der Waals surface area (Å²) < 4.78 is 0. The summed E-state index contributed by atoms with van der Waals surface area (Å²) in [5.74, 6) is -1.76. The van der Waals surface area contributed by atoms with Gasteiger partial charge in [-0.1, -0.05) is 18.2 Å². The average Bonchev–Trinajstić information content (AvgIpc) is 2.84. The van der Waals surface area contributed by atoms with Crippen LogP contribution < -0.4 is 10.2 Å². The number of benzene rings is 3. The molecule has 0 bridgehead atoms. The zero-order chi connectivity index (χ0) is 26.4. The maximum Gasteiger partial charge on any atom is 0.336 e. The molecule has 4 N–H and O–H groups in total. The number of rotatable bonds is 9. The van der Waals surface area contributed by atoms with E-state index in [4.69, 9.17) is 16.3 Å². The van der Waals surface area contributed by atoms with E-state index in [1.54, 1.807) is 25.1 Å². The number of phenols is 2. The molecule has 9 heteroatoms. The summed E-state index contributed by atoms with van der Waals surface area (Å²) in [6.07, 6.45) is 2.34. The number of nitrogens with one attached hydrogen (secondary N) is 1. The zero-order valence-corrected chi connectivity index (χ0v) is 20.4. The number of hydrogen-bond acceptors (Lipinski definition) is 7. The lowest BCUT2D eigenvalue weighted by molar-refractivity contribution is -0.258. The fourth-order valence-corrected chi connectivity index (χ4v) is 3.58. The first-order chi connectivity index (χ1) is 17.1. The molecule has 0 spiro atoms. The summed E-state index contributed by atoms with van der Waals surface area (Å²) in [7, 11) is 3.88. The molecule has 0 unspecified atom stereocenters. The van der Waals surface area contributed by atoms with E-state index in [1.165, 1.54) is 12.1 Å². The van der Waals surface area contributed by atoms with Gasteiger partial charge in [0.1, 0.15) is 24.4 Å². The number of aryl methyl sites for hydroxylation is 1. The van der Waals surface area contributed by atoms with Crippen molar-refractivity contribution in [2.45, 2.75) is 20.5 Å². The number of phenolic OH excluding ortho intramolecular Hbond substituents is 2. The lowest BCUT2D eigenvalue weighted by Crippen LogP contribution is -2.09. The molecule has 9 nitrogen and oxygen atoms in total. The molecule has 0 fully saturated rings. The van der Waals surface area contributed by atoms with Gasteiger partial charge in [-0.05, 0) is 60.9 Å². The largest absolute Gasteiger partial charge is 0.518 e. The highest BCUT2D eigenvalue weighted by atomic mass is 17.2. The van der Waals surface area contributed by atoms with Crippen LogP contribution in [0.25, 0.3) is 10.9 Å². The van der Waals surface area contributed by atoms with Crippen LogP contribution in [0.1, 0.15) is 32.6 Å². The lowest BCUT2D eigenvalue weighted by Gasteiger charge is -2.19. The number of hydrogen-bond donors (Lipinski definition) is 4. The van der Waals surface area contributed by atoms with Gasteiger partial charge in [-0.25, -0.2) is 9.64 Å². The fraction of sp³-hybridized carbons (Fsp3) is 0.185. The molecule has 0 saturated heterocycles. The third-order valence-corrected chi connectivity index (χ3v) is 5.62. The monoisotopic (exact) mass is 489 g/mol. The van der Waals surface area contributed by atoms with Crippen molar-refractivity contribution in [2.75, 3.05) is 24.3 Å². The SMILES string of the molecule is [C-]#[N+]c1c(C)c(Nc2ccc(N(C)C)cc2C)c(O)c(C=COOCc2ccccc2C(=O)O)c1O. The molecule has 3 aromatic carbocycles. The Hall–Kier alpha value is -4.68. The normalized spacial score (nSPS) is 10.8. The second-order valence-electron chi connectivity index (χ2n) is 8.21. The van der Waals surface area contributed by atoms with Gasteiger partial charge in [-0.3, -0.25) is 0 Å². The van der Waals surface area contributed by atoms with Gasteiger partial charge in [0, 0.05) is 25.5 Å². The van der Waals surface area contributed by atoms with E-state index in [2.05, 4.69) is 10.2 Å². The molecule has 0 atom stereocenters. The Morgan fingerprint density at radius 3 is 2.50 bits per heavy atom. The van der Waals surface area contributed by atoms with Crippen LogP contribution in [0.15, 0.2) is 48.7 Å². The maximum atomic E-state index is 11.3. The topological polar surface area (TPSA) is 116 Å². The molecule has 0 radical (unpaired) electrons. The van der Waals surface area contributed by atoms with E-state index in [9.17, 15) is 20.1 Å². The minimum Gasteiger partial charge on any atom is -0.518 e. The van der Waals surface area contributed by atoms with Crippen molar-refractivity contribution in [1.29, 1.82) is 0 Å². The number of nitrogens with zero attached hydrogens (tertiary/aromatic N) is 2. The van der Waals surface area contributed by atoms with Crippen LogP contribution in [-0.2, 0) is 16.4 Å². The van der Waals surface area contributed by atoms with E-state index in [1.807, 2.05) is 44.1 Å². The van der Waals surface area contributed by atoms with Gasteiger partial charge in [-0.15, -0.1) is 0 Å². The van der Waals surface area contributed by atoms with Crippen molar-refractivity contribution in [3.63, 3.8) is 0 Å². The van der Waals surface area contributed by atoms with Gasteiger partial charge < -0.3 is 30.4 Å². The Morgan fingerprint density at radius 2 is 1.86 bits per heavy atom. The Labute approximate surface area is 209 Å². The molecule has 0 heterocycles. The Kier molecular flexibility index (Phi) is 8.04. The van der Waals surface area contributed by atoms with E-state index < -0.39 is 11.7 Å². The van der Waals surface area contributed by atoms with Crippen molar-refractivity contribution >= 4 is 34.8 Å². The van der Waals surface area contributed by atoms with Crippen LogP contribution in [0.5, 0.6) is 11.5 Å². The van der Waals surface area contributed by atoms with Gasteiger partial charge in [0.15, 0.2) is 0 Å². The van der Waals surface area contributed by atoms with Crippen LogP contribution in [0.4, 0.5) is 22.7 Å². The summed E-state index contributed by atoms with van der Waals surface area (Å²) in [5, 5.41) is 34.0. The number of aromatic hydroxyl groups is 2. The average molecular weight is 490 g/mol. The molecule has 0 aromatic heterocycles. The van der Waals surface area contributed by atoms with Gasteiger partial charge >= 0.3 is 5.97 Å². The molecule has 186 valence electrons. The predicted octanol–water partition coefficient (Wildman–Crippen LogP) is 5.89. The first-order valence-electron chi connectivity index (χ1n) is 10.9. The summed E-state index contributed by atoms with van der Waals surface area (Å²) in [5.41, 5.74) is 3.77. The van der Waals surface area contributed by atoms with Gasteiger partial charge in [0.2, 0.25) is 5.69 Å². The highest BCUT2D eigenvalue weighted by molar-refractivity contribution is 5.89. The second-order valence-corrected chi connectivity index (χ2v) is 8.21. The zero-order valence-electron chi connectivity index (χ0n) is 20.4. The van der Waals surface area contributed by atoms with Crippen molar-refractivity contribution in [3.8, 4) is 11.5 Å². The van der Waals surface area contributed by atoms with E-state index in [0.29, 0.717) is 11.1 Å². The van der Waals surface area contributed by atoms with Crippen molar-refractivity contribution < 1.29 is 29.9 Å². The standard InChI is InChI=1S/C27H27N3O6/c1-16-14-19(30(4)5)10-11-22(16)29-24-17(2)23(28-3)25(31)21(26(24)32)12-13-35-36-15-18-8-6-7-9-20(18)27(33)34/h6-14,29,31-32H,15H2,1-2,4-5H3,(H,33,34). The molecule has 3 rings (SSSR count). The quantitative estimate of drug-likeness (QED) is 0.0559. The molecule has 36 heavy (non-hydrogen) atoms. The summed E-state index contributed by atoms with van der Waals surface area (Å²) in [4.78, 5) is 26.8. The molecule has 3 aromatic rings. The lowest BCUT2D eigenvalue weighted by atomic mass is 10.0. The van der Waals surface area contributed by atoms with Crippen molar-refractivity contribution in [1.82, 2.24) is 0 Å². The van der Waals surface area contributed by atoms with Gasteiger partial charge in [0.25, 0.3) is 0 Å². The van der Waals surface area contributed by atoms with Crippen LogP contribution >= 0.6 is 0 Å². The van der Waals surface area contributed by atoms with Gasteiger partial charge in [0.05, 0.1) is 23.4 Å². The minimum absolute atomic E-state index is 0.0196. The summed E-state index contributed by atoms with van der Waals surface area (Å²) in [6.45, 7) is 10.9. The first-order valence-corrected chi connectivity index (χ1v) is 10.9. The number of anilines is 3. The van der Waals surface area contributed by atoms with Crippen LogP contribution in [0.3, 0.4) is 0 Å². The first kappa shape index (κ1) is 25.9. The third kappa shape index (κ3) is 5.51. The predicted molar refractivity (Wildman–Crippen MR) is 138 cm³/mol. The van der Waals surface area contributed by atoms with Gasteiger partial charge in [-0.2, -0.15) is 4.89 Å². The van der Waals surface area contributed by atoms with Crippen LogP contribution in [-0.4, -0.2) is 35.4 Å². The Morgan fingerprint density at radius 1 is 1.14 bits per heavy atom. The fourth-order valence-electron chi connectivity index (χ4n) is 3.58. The Bertz CT molecular complexity index is 1360. The molecule has 0 amide bonds.